The Balaban J connectivity index is 1.05. The summed E-state index contributed by atoms with van der Waals surface area (Å²) in [6.07, 6.45) is 0. The van der Waals surface area contributed by atoms with E-state index in [9.17, 15) is 0 Å². The zero-order chi connectivity index (χ0) is 65.6. The summed E-state index contributed by atoms with van der Waals surface area (Å²) < 4.78 is 42.5. The van der Waals surface area contributed by atoms with E-state index in [2.05, 4.69) is 324 Å². The Morgan fingerprint density at radius 3 is 0.739 bits per heavy atom. The molecule has 7 nitrogen and oxygen atoms in total. The van der Waals surface area contributed by atoms with Gasteiger partial charge in [-0.05, 0) is 0 Å². The van der Waals surface area contributed by atoms with Gasteiger partial charge in [-0.15, -0.1) is 0 Å². The monoisotopic (exact) mass is 1330 g/mol. The Kier molecular flexibility index (Phi) is 12.6. The van der Waals surface area contributed by atoms with Gasteiger partial charge in [0.1, 0.15) is 0 Å². The zero-order valence-electron chi connectivity index (χ0n) is 58.4. The van der Waals surface area contributed by atoms with Gasteiger partial charge in [0.05, 0.1) is 0 Å². The molecular formula is C84H92N3O4Sb. The maximum absolute atomic E-state index is 8.42. The van der Waals surface area contributed by atoms with E-state index in [0.717, 1.165) is 72.2 Å². The van der Waals surface area contributed by atoms with Crippen LogP contribution in [0, 0.1) is 0 Å². The number of benzene rings is 9. The van der Waals surface area contributed by atoms with E-state index in [-0.39, 0.29) is 32.5 Å². The van der Waals surface area contributed by atoms with Crippen LogP contribution in [0.25, 0.3) is 82.5 Å². The summed E-state index contributed by atoms with van der Waals surface area (Å²) >= 11 is -6.05. The average Bonchev–Trinajstić information content (AvgIpc) is 1.25. The third-order valence-corrected chi connectivity index (χ3v) is 36.4. The van der Waals surface area contributed by atoms with Gasteiger partial charge in [-0.1, -0.05) is 0 Å². The molecule has 472 valence electrons. The molecule has 1 fully saturated rings. The first kappa shape index (κ1) is 60.9. The number of hydrogen-bond acceptors (Lipinski definition) is 4. The van der Waals surface area contributed by atoms with Gasteiger partial charge in [0.15, 0.2) is 0 Å². The summed E-state index contributed by atoms with van der Waals surface area (Å²) in [6.45, 7) is 50.3. The molecule has 92 heavy (non-hydrogen) atoms. The average molecular weight is 1330 g/mol. The summed E-state index contributed by atoms with van der Waals surface area (Å²) in [5, 5.41) is 7.34. The molecule has 0 atom stereocenters. The van der Waals surface area contributed by atoms with Crippen LogP contribution in [0.2, 0.25) is 0 Å². The first-order valence-electron chi connectivity index (χ1n) is 33.3. The van der Waals surface area contributed by atoms with Gasteiger partial charge < -0.3 is 0 Å². The second-order valence-corrected chi connectivity index (χ2v) is 44.9. The van der Waals surface area contributed by atoms with Crippen LogP contribution >= 0.6 is 0 Å². The summed E-state index contributed by atoms with van der Waals surface area (Å²) in [5.41, 5.74) is 15.6. The van der Waals surface area contributed by atoms with E-state index >= 15 is 0 Å². The molecule has 15 rings (SSSR count). The first-order valence-corrected chi connectivity index (χ1v) is 39.2. The molecule has 1 saturated heterocycles. The molecule has 3 aliphatic heterocycles. The van der Waals surface area contributed by atoms with Gasteiger partial charge >= 0.3 is 551 Å². The van der Waals surface area contributed by atoms with E-state index < -0.39 is 29.4 Å². The zero-order valence-corrected chi connectivity index (χ0v) is 61.0. The predicted octanol–water partition coefficient (Wildman–Crippen LogP) is 21.0. The topological polar surface area (TPSA) is 51.7 Å². The predicted molar refractivity (Wildman–Crippen MR) is 390 cm³/mol. The van der Waals surface area contributed by atoms with Crippen LogP contribution in [-0.2, 0) is 38.5 Å². The molecule has 0 unspecified atom stereocenters. The van der Waals surface area contributed by atoms with Crippen molar-refractivity contribution in [1.29, 1.82) is 0 Å². The Hall–Kier alpha value is -7.28. The molecule has 1 spiro atoms. The molecule has 3 aliphatic rings. The fourth-order valence-electron chi connectivity index (χ4n) is 15.1. The molecule has 0 aliphatic carbocycles. The third-order valence-electron chi connectivity index (χ3n) is 21.2. The van der Waals surface area contributed by atoms with Crippen LogP contribution < -0.4 is 20.0 Å². The van der Waals surface area contributed by atoms with Gasteiger partial charge in [-0.25, -0.2) is 0 Å². The van der Waals surface area contributed by atoms with Gasteiger partial charge in [-0.2, -0.15) is 0 Å². The molecule has 6 heterocycles. The van der Waals surface area contributed by atoms with E-state index in [4.69, 9.17) is 15.5 Å². The fraction of sp³-hybridized carbons (Fsp3) is 0.357. The minimum atomic E-state index is -6.05. The van der Waals surface area contributed by atoms with Crippen LogP contribution in [-0.4, -0.2) is 43.1 Å². The van der Waals surface area contributed by atoms with Crippen LogP contribution in [0.1, 0.15) is 186 Å². The van der Waals surface area contributed by atoms with Crippen molar-refractivity contribution in [1.82, 2.24) is 13.7 Å². The maximum atomic E-state index is 8.42. The Bertz CT molecular complexity index is 4730. The molecular weight excluding hydrogens is 1240 g/mol. The van der Waals surface area contributed by atoms with Crippen LogP contribution in [0.15, 0.2) is 158 Å². The number of fused-ring (bicyclic) bond motifs is 11. The normalized spacial score (nSPS) is 17.3. The first-order chi connectivity index (χ1) is 42.8. The molecule has 0 N–H and O–H groups in total. The SMILES string of the molecule is CC(C)(C)c1ccc2c(c1)c1cc(C(C)(C)C)ccc1n2-c1cc[c]2c(c1)Oc1cc(-n3c4ccc(C(C)(C)C)cc4c4cc(C(C)(C)C)ccc43)cc3[c]1[Sb]21([O]C(C)(C)C(C)(C)[O]1)[c]1ccc(-n2c4ccc(C(C)(C)C)cc4c4cc(C(C)(C)C)ccc42)cc1O3. The van der Waals surface area contributed by atoms with Crippen LogP contribution in [0.4, 0.5) is 0 Å². The number of nitrogens with zero attached hydrogens (tertiary/aromatic N) is 3. The Morgan fingerprint density at radius 2 is 0.500 bits per heavy atom. The van der Waals surface area contributed by atoms with Crippen molar-refractivity contribution in [2.24, 2.45) is 0 Å². The summed E-state index contributed by atoms with van der Waals surface area (Å²) in [7, 11) is 0. The van der Waals surface area contributed by atoms with Crippen molar-refractivity contribution in [3.63, 3.8) is 0 Å². The summed E-state index contributed by atoms with van der Waals surface area (Å²) in [4.78, 5) is 0. The molecule has 9 aromatic carbocycles. The third kappa shape index (κ3) is 8.72. The van der Waals surface area contributed by atoms with Crippen molar-refractivity contribution in [2.75, 3.05) is 0 Å². The minimum absolute atomic E-state index is 0.0430. The number of aromatic nitrogens is 3. The summed E-state index contributed by atoms with van der Waals surface area (Å²) in [5.74, 6) is 2.80. The van der Waals surface area contributed by atoms with Gasteiger partial charge in [0.25, 0.3) is 0 Å². The van der Waals surface area contributed by atoms with E-state index in [1.807, 2.05) is 0 Å². The van der Waals surface area contributed by atoms with Crippen LogP contribution in [0.5, 0.6) is 23.0 Å². The molecule has 3 aromatic heterocycles. The van der Waals surface area contributed by atoms with Gasteiger partial charge in [0.2, 0.25) is 0 Å². The van der Waals surface area contributed by atoms with Crippen molar-refractivity contribution in [3.05, 3.63) is 191 Å². The van der Waals surface area contributed by atoms with Gasteiger partial charge in [-0.3, -0.25) is 0 Å². The van der Waals surface area contributed by atoms with Crippen LogP contribution in [0.3, 0.4) is 0 Å². The number of ether oxygens (including phenoxy) is 2. The van der Waals surface area contributed by atoms with Crippen molar-refractivity contribution >= 4 is 94.2 Å². The van der Waals surface area contributed by atoms with Gasteiger partial charge in [0, 0.05) is 0 Å². The van der Waals surface area contributed by atoms with E-state index in [0.29, 0.717) is 11.5 Å². The molecule has 8 heteroatoms. The van der Waals surface area contributed by atoms with E-state index in [1.54, 1.807) is 0 Å². The number of hydrogen-bond donors (Lipinski definition) is 0. The molecule has 0 radical (unpaired) electrons. The quantitative estimate of drug-likeness (QED) is 0.165. The standard InChI is InChI=1S/C78H80N3O2.C6H12O2.Sb/c1-73(2,3)48-25-31-67-61(37-48)62-38-49(74(4,5)6)26-32-68(62)79(67)54-21-19-23-57(43-54)82-59-45-56(81-71-35-29-52(77(13,14)15)41-65(71)66-42-53(78(16,17)18)30-36-72(66)81)46-60(47-59)83-58-24-20-22-55(44-58)80-69-33-27-50(75(7,8)9)39-63(69)64-40-51(76(10,11)12)28-34-70(64)80;1-5(2,7)6(3,4)8;/h19-22,25-46H,1-18H3;1-4H3;/q;-2;+2. The van der Waals surface area contributed by atoms with Crippen molar-refractivity contribution in [3.8, 4) is 40.1 Å². The molecule has 0 amide bonds. The molecule has 0 bridgehead atoms. The second kappa shape index (κ2) is 19.0. The van der Waals surface area contributed by atoms with E-state index in [1.165, 1.54) is 65.7 Å². The van der Waals surface area contributed by atoms with Crippen molar-refractivity contribution in [2.45, 2.75) is 196 Å². The Labute approximate surface area is 546 Å². The molecule has 0 saturated carbocycles. The number of rotatable bonds is 3. The Morgan fingerprint density at radius 1 is 0.272 bits per heavy atom. The molecule has 12 aromatic rings. The van der Waals surface area contributed by atoms with Crippen molar-refractivity contribution < 1.29 is 15.5 Å². The summed E-state index contributed by atoms with van der Waals surface area (Å²) in [6, 6.07) is 60.6. The second-order valence-electron chi connectivity index (χ2n) is 34.4. The fourth-order valence-corrected chi connectivity index (χ4v) is 33.0.